The number of esters is 1. The topological polar surface area (TPSA) is 92.8 Å². The number of anilines is 1. The van der Waals surface area contributed by atoms with Crippen LogP contribution in [0.3, 0.4) is 0 Å². The minimum Gasteiger partial charge on any atom is -0.454 e. The number of carbonyl (C=O) groups is 4. The van der Waals surface area contributed by atoms with Crippen molar-refractivity contribution in [2.45, 2.75) is 25.7 Å². The average Bonchev–Trinajstić information content (AvgIpc) is 2.85. The smallest absolute Gasteiger partial charge is 0.326 e. The lowest BCUT2D eigenvalue weighted by molar-refractivity contribution is -0.154. The summed E-state index contributed by atoms with van der Waals surface area (Å²) >= 11 is 2.12. The maximum absolute atomic E-state index is 12.3. The maximum atomic E-state index is 12.3. The first-order valence-electron chi connectivity index (χ1n) is 8.52. The Labute approximate surface area is 164 Å². The van der Waals surface area contributed by atoms with Crippen molar-refractivity contribution in [1.82, 2.24) is 4.90 Å². The van der Waals surface area contributed by atoms with Crippen LogP contribution < -0.4 is 5.32 Å². The second-order valence-electron chi connectivity index (χ2n) is 6.48. The number of carbonyl (C=O) groups excluding carboxylic acids is 4. The Morgan fingerprint density at radius 2 is 1.81 bits per heavy atom. The Kier molecular flexibility index (Phi) is 5.90. The number of hydrogen-bond acceptors (Lipinski definition) is 5. The lowest BCUT2D eigenvalue weighted by Gasteiger charge is -2.19. The van der Waals surface area contributed by atoms with Gasteiger partial charge in [0.05, 0.1) is 11.8 Å². The van der Waals surface area contributed by atoms with Crippen molar-refractivity contribution in [1.29, 1.82) is 0 Å². The average molecular weight is 470 g/mol. The Bertz CT molecular complexity index is 727. The van der Waals surface area contributed by atoms with Crippen LogP contribution in [0.2, 0.25) is 0 Å². The van der Waals surface area contributed by atoms with E-state index in [2.05, 4.69) is 27.9 Å². The highest BCUT2D eigenvalue weighted by Gasteiger charge is 2.48. The molecule has 3 amide bonds. The number of benzene rings is 1. The van der Waals surface area contributed by atoms with Crippen molar-refractivity contribution in [3.05, 3.63) is 27.8 Å². The standard InChI is InChI=1S/C18H19IN2O5/c19-11-4-3-5-12(8-11)20-15(22)10-26-16(23)9-21-17(24)13-6-1-2-7-14(13)18(21)25/h3-5,8,13-14H,1-2,6-7,9-10H2,(H,20,22)/t13-,14-/m1/s1. The zero-order valence-electron chi connectivity index (χ0n) is 14.1. The van der Waals surface area contributed by atoms with Gasteiger partial charge in [0.2, 0.25) is 11.8 Å². The predicted molar refractivity (Wildman–Crippen MR) is 101 cm³/mol. The minimum atomic E-state index is -0.761. The van der Waals surface area contributed by atoms with E-state index in [4.69, 9.17) is 4.74 Å². The summed E-state index contributed by atoms with van der Waals surface area (Å²) in [6, 6.07) is 7.19. The van der Waals surface area contributed by atoms with Crippen LogP contribution in [-0.2, 0) is 23.9 Å². The van der Waals surface area contributed by atoms with Crippen molar-refractivity contribution < 1.29 is 23.9 Å². The molecule has 1 saturated carbocycles. The first-order valence-corrected chi connectivity index (χ1v) is 9.60. The van der Waals surface area contributed by atoms with Gasteiger partial charge in [-0.25, -0.2) is 0 Å². The Balaban J connectivity index is 1.49. The van der Waals surface area contributed by atoms with Crippen LogP contribution in [0.5, 0.6) is 0 Å². The third-order valence-corrected chi connectivity index (χ3v) is 5.36. The van der Waals surface area contributed by atoms with E-state index in [0.29, 0.717) is 18.5 Å². The first-order chi connectivity index (χ1) is 12.5. The highest BCUT2D eigenvalue weighted by molar-refractivity contribution is 14.1. The number of likely N-dealkylation sites (tertiary alicyclic amines) is 1. The third kappa shape index (κ3) is 4.22. The molecule has 26 heavy (non-hydrogen) atoms. The second kappa shape index (κ2) is 8.15. The van der Waals surface area contributed by atoms with Gasteiger partial charge in [0.1, 0.15) is 6.54 Å². The molecular weight excluding hydrogens is 451 g/mol. The monoisotopic (exact) mass is 470 g/mol. The van der Waals surface area contributed by atoms with Crippen molar-refractivity contribution >= 4 is 52.0 Å². The summed E-state index contributed by atoms with van der Waals surface area (Å²) in [5, 5.41) is 2.62. The number of rotatable bonds is 5. The van der Waals surface area contributed by atoms with Crippen molar-refractivity contribution in [3.8, 4) is 0 Å². The molecule has 0 spiro atoms. The van der Waals surface area contributed by atoms with Crippen molar-refractivity contribution in [3.63, 3.8) is 0 Å². The molecule has 0 bridgehead atoms. The Hall–Kier alpha value is -1.97. The van der Waals surface area contributed by atoms with Gasteiger partial charge in [-0.3, -0.25) is 24.1 Å². The molecule has 1 aliphatic heterocycles. The Morgan fingerprint density at radius 1 is 1.15 bits per heavy atom. The van der Waals surface area contributed by atoms with Gasteiger partial charge in [-0.1, -0.05) is 18.9 Å². The van der Waals surface area contributed by atoms with Crippen LogP contribution in [0.25, 0.3) is 0 Å². The van der Waals surface area contributed by atoms with Crippen LogP contribution in [-0.4, -0.2) is 41.7 Å². The fraction of sp³-hybridized carbons (Fsp3) is 0.444. The maximum Gasteiger partial charge on any atom is 0.326 e. The summed E-state index contributed by atoms with van der Waals surface area (Å²) in [5.41, 5.74) is 0.604. The van der Waals surface area contributed by atoms with E-state index in [1.54, 1.807) is 18.2 Å². The molecule has 3 rings (SSSR count). The van der Waals surface area contributed by atoms with E-state index in [-0.39, 0.29) is 23.7 Å². The summed E-state index contributed by atoms with van der Waals surface area (Å²) in [6.07, 6.45) is 3.24. The number of ether oxygens (including phenoxy) is 1. The SMILES string of the molecule is O=C(COC(=O)CN1C(=O)[C@@H]2CCCC[C@H]2C1=O)Nc1cccc(I)c1. The lowest BCUT2D eigenvalue weighted by Crippen LogP contribution is -2.37. The van der Waals surface area contributed by atoms with Crippen molar-refractivity contribution in [2.75, 3.05) is 18.5 Å². The van der Waals surface area contributed by atoms with Crippen LogP contribution >= 0.6 is 22.6 Å². The zero-order valence-corrected chi connectivity index (χ0v) is 16.2. The highest BCUT2D eigenvalue weighted by atomic mass is 127. The lowest BCUT2D eigenvalue weighted by atomic mass is 9.81. The van der Waals surface area contributed by atoms with Gasteiger partial charge in [0, 0.05) is 9.26 Å². The molecule has 7 nitrogen and oxygen atoms in total. The molecule has 2 fully saturated rings. The molecular formula is C18H19IN2O5. The summed E-state index contributed by atoms with van der Waals surface area (Å²) < 4.78 is 5.88. The molecule has 1 heterocycles. The van der Waals surface area contributed by atoms with E-state index < -0.39 is 25.0 Å². The summed E-state index contributed by atoms with van der Waals surface area (Å²) in [6.45, 7) is -0.894. The molecule has 138 valence electrons. The number of fused-ring (bicyclic) bond motifs is 1. The molecule has 2 aliphatic rings. The molecule has 8 heteroatoms. The van der Waals surface area contributed by atoms with Crippen LogP contribution in [0.4, 0.5) is 5.69 Å². The fourth-order valence-corrected chi connectivity index (χ4v) is 4.01. The summed E-state index contributed by atoms with van der Waals surface area (Å²) in [4.78, 5) is 49.4. The van der Waals surface area contributed by atoms with E-state index in [1.165, 1.54) is 0 Å². The minimum absolute atomic E-state index is 0.292. The largest absolute Gasteiger partial charge is 0.454 e. The molecule has 1 aliphatic carbocycles. The first kappa shape index (κ1) is 18.8. The number of nitrogens with one attached hydrogen (secondary N) is 1. The second-order valence-corrected chi connectivity index (χ2v) is 7.72. The molecule has 0 radical (unpaired) electrons. The number of imide groups is 1. The third-order valence-electron chi connectivity index (χ3n) is 4.69. The summed E-state index contributed by atoms with van der Waals surface area (Å²) in [7, 11) is 0. The van der Waals surface area contributed by atoms with Gasteiger partial charge in [-0.15, -0.1) is 0 Å². The fourth-order valence-electron chi connectivity index (χ4n) is 3.47. The van der Waals surface area contributed by atoms with E-state index in [1.807, 2.05) is 6.07 Å². The van der Waals surface area contributed by atoms with Gasteiger partial charge in [-0.2, -0.15) is 0 Å². The normalized spacial score (nSPS) is 22.1. The molecule has 1 aromatic rings. The van der Waals surface area contributed by atoms with Gasteiger partial charge in [0.25, 0.3) is 5.91 Å². The van der Waals surface area contributed by atoms with Crippen LogP contribution in [0.1, 0.15) is 25.7 Å². The molecule has 1 N–H and O–H groups in total. The molecule has 0 unspecified atom stereocenters. The number of hydrogen-bond donors (Lipinski definition) is 1. The van der Waals surface area contributed by atoms with Gasteiger partial charge >= 0.3 is 5.97 Å². The van der Waals surface area contributed by atoms with Gasteiger partial charge in [0.15, 0.2) is 6.61 Å². The Morgan fingerprint density at radius 3 is 2.42 bits per heavy atom. The quantitative estimate of drug-likeness (QED) is 0.404. The number of amides is 3. The summed E-state index contributed by atoms with van der Waals surface area (Å²) in [5.74, 6) is -2.42. The number of halogens is 1. The van der Waals surface area contributed by atoms with E-state index in [0.717, 1.165) is 21.3 Å². The van der Waals surface area contributed by atoms with E-state index >= 15 is 0 Å². The van der Waals surface area contributed by atoms with Crippen LogP contribution in [0, 0.1) is 15.4 Å². The van der Waals surface area contributed by atoms with Gasteiger partial charge < -0.3 is 10.1 Å². The highest BCUT2D eigenvalue weighted by Crippen LogP contribution is 2.37. The molecule has 1 aromatic carbocycles. The number of nitrogens with zero attached hydrogens (tertiary/aromatic N) is 1. The molecule has 2 atom stereocenters. The predicted octanol–water partition coefficient (Wildman–Crippen LogP) is 1.95. The van der Waals surface area contributed by atoms with E-state index in [9.17, 15) is 19.2 Å². The molecule has 1 saturated heterocycles. The molecule has 0 aromatic heterocycles. The zero-order chi connectivity index (χ0) is 18.7. The van der Waals surface area contributed by atoms with Crippen LogP contribution in [0.15, 0.2) is 24.3 Å². The van der Waals surface area contributed by atoms with Gasteiger partial charge in [-0.05, 0) is 53.6 Å². The van der Waals surface area contributed by atoms with Crippen molar-refractivity contribution in [2.24, 2.45) is 11.8 Å².